The van der Waals surface area contributed by atoms with Crippen LogP contribution >= 0.6 is 0 Å². The van der Waals surface area contributed by atoms with Crippen molar-refractivity contribution in [3.05, 3.63) is 23.0 Å². The van der Waals surface area contributed by atoms with Gasteiger partial charge in [0.1, 0.15) is 5.75 Å². The highest BCUT2D eigenvalue weighted by molar-refractivity contribution is 7.90. The Balaban J connectivity index is 3.00. The number of ether oxygens (including phenoxy) is 1. The van der Waals surface area contributed by atoms with E-state index >= 15 is 0 Å². The molecule has 0 aliphatic rings. The minimum atomic E-state index is -3.20. The smallest absolute Gasteiger partial charge is 0.156 e. The average molecular weight is 286 g/mol. The zero-order valence-electron chi connectivity index (χ0n) is 11.9. The fourth-order valence-corrected chi connectivity index (χ4v) is 3.81. The van der Waals surface area contributed by atoms with Gasteiger partial charge in [-0.2, -0.15) is 0 Å². The van der Waals surface area contributed by atoms with Gasteiger partial charge in [-0.05, 0) is 26.3 Å². The van der Waals surface area contributed by atoms with Crippen molar-refractivity contribution in [2.45, 2.75) is 26.5 Å². The second kappa shape index (κ2) is 6.34. The molecule has 5 nitrogen and oxygen atoms in total. The van der Waals surface area contributed by atoms with Gasteiger partial charge in [-0.1, -0.05) is 6.92 Å². The van der Waals surface area contributed by atoms with Crippen LogP contribution in [0.25, 0.3) is 0 Å². The van der Waals surface area contributed by atoms with Crippen LogP contribution in [-0.4, -0.2) is 32.8 Å². The van der Waals surface area contributed by atoms with Crippen LogP contribution in [0.5, 0.6) is 5.75 Å². The van der Waals surface area contributed by atoms with Crippen LogP contribution in [0.2, 0.25) is 0 Å². The average Bonchev–Trinajstić information content (AvgIpc) is 2.33. The quantitative estimate of drug-likeness (QED) is 0.850. The summed E-state index contributed by atoms with van der Waals surface area (Å²) < 4.78 is 29.4. The van der Waals surface area contributed by atoms with E-state index in [-0.39, 0.29) is 17.4 Å². The lowest BCUT2D eigenvalue weighted by Gasteiger charge is -2.13. The Kier molecular flexibility index (Phi) is 5.31. The number of methoxy groups -OCH3 is 1. The molecule has 0 aromatic carbocycles. The van der Waals surface area contributed by atoms with E-state index in [4.69, 9.17) is 10.5 Å². The summed E-state index contributed by atoms with van der Waals surface area (Å²) in [5.74, 6) is 0.672. The fraction of sp³-hybridized carbons (Fsp3) is 0.615. The summed E-state index contributed by atoms with van der Waals surface area (Å²) in [6.07, 6.45) is 1.64. The van der Waals surface area contributed by atoms with Crippen molar-refractivity contribution in [1.82, 2.24) is 4.98 Å². The molecule has 0 aliphatic heterocycles. The highest BCUT2D eigenvalue weighted by Gasteiger charge is 2.19. The third-order valence-electron chi connectivity index (χ3n) is 3.05. The lowest BCUT2D eigenvalue weighted by Crippen LogP contribution is -2.22. The van der Waals surface area contributed by atoms with Crippen LogP contribution in [0.3, 0.4) is 0 Å². The molecule has 0 amide bonds. The Morgan fingerprint density at radius 2 is 2.05 bits per heavy atom. The number of aryl methyl sites for hydroxylation is 1. The molecule has 0 radical (unpaired) electrons. The van der Waals surface area contributed by atoms with Crippen molar-refractivity contribution in [2.24, 2.45) is 11.7 Å². The van der Waals surface area contributed by atoms with Crippen molar-refractivity contribution in [1.29, 1.82) is 0 Å². The molecule has 1 heterocycles. The highest BCUT2D eigenvalue weighted by Crippen LogP contribution is 2.25. The van der Waals surface area contributed by atoms with Gasteiger partial charge in [-0.25, -0.2) is 8.42 Å². The van der Waals surface area contributed by atoms with Crippen LogP contribution in [-0.2, 0) is 15.6 Å². The molecule has 6 heteroatoms. The van der Waals surface area contributed by atoms with E-state index in [1.807, 2.05) is 20.8 Å². The molecule has 108 valence electrons. The lowest BCUT2D eigenvalue weighted by atomic mass is 10.1. The van der Waals surface area contributed by atoms with E-state index in [0.29, 0.717) is 18.0 Å². The molecule has 0 aliphatic carbocycles. The Morgan fingerprint density at radius 3 is 2.58 bits per heavy atom. The van der Waals surface area contributed by atoms with Gasteiger partial charge < -0.3 is 10.5 Å². The third kappa shape index (κ3) is 4.18. The predicted octanol–water partition coefficient (Wildman–Crippen LogP) is 1.22. The van der Waals surface area contributed by atoms with Gasteiger partial charge in [-0.3, -0.25) is 4.98 Å². The molecule has 0 bridgehead atoms. The van der Waals surface area contributed by atoms with E-state index in [1.54, 1.807) is 13.3 Å². The SMILES string of the molecule is COc1c(C)cnc(CS(=O)(=O)CC(C)CN)c1C. The summed E-state index contributed by atoms with van der Waals surface area (Å²) in [6, 6.07) is 0. The van der Waals surface area contributed by atoms with E-state index in [1.165, 1.54) is 0 Å². The molecule has 0 saturated carbocycles. The molecule has 2 N–H and O–H groups in total. The Labute approximate surface area is 115 Å². The molecule has 1 atom stereocenters. The van der Waals surface area contributed by atoms with Crippen LogP contribution in [0, 0.1) is 19.8 Å². The molecule has 0 spiro atoms. The van der Waals surface area contributed by atoms with Gasteiger partial charge in [0.25, 0.3) is 0 Å². The van der Waals surface area contributed by atoms with E-state index in [2.05, 4.69) is 4.98 Å². The minimum absolute atomic E-state index is 0.0438. The molecule has 1 aromatic heterocycles. The third-order valence-corrected chi connectivity index (χ3v) is 4.84. The van der Waals surface area contributed by atoms with Gasteiger partial charge in [0.05, 0.1) is 24.3 Å². The summed E-state index contributed by atoms with van der Waals surface area (Å²) in [4.78, 5) is 4.21. The number of nitrogens with zero attached hydrogens (tertiary/aromatic N) is 1. The Bertz CT molecular complexity index is 541. The Morgan fingerprint density at radius 1 is 1.42 bits per heavy atom. The molecule has 0 saturated heterocycles. The number of sulfone groups is 1. The number of aromatic nitrogens is 1. The number of nitrogens with two attached hydrogens (primary N) is 1. The van der Waals surface area contributed by atoms with Crippen molar-refractivity contribution < 1.29 is 13.2 Å². The summed E-state index contributed by atoms with van der Waals surface area (Å²) in [5, 5.41) is 0. The second-order valence-corrected chi connectivity index (χ2v) is 7.05. The maximum absolute atomic E-state index is 12.1. The fourth-order valence-electron chi connectivity index (χ4n) is 1.99. The molecular weight excluding hydrogens is 264 g/mol. The van der Waals surface area contributed by atoms with Gasteiger partial charge in [-0.15, -0.1) is 0 Å². The van der Waals surface area contributed by atoms with Gasteiger partial charge in [0, 0.05) is 17.3 Å². The first-order valence-electron chi connectivity index (χ1n) is 6.20. The van der Waals surface area contributed by atoms with Crippen molar-refractivity contribution in [2.75, 3.05) is 19.4 Å². The first kappa shape index (κ1) is 15.9. The summed E-state index contributed by atoms with van der Waals surface area (Å²) in [5.41, 5.74) is 7.70. The monoisotopic (exact) mass is 286 g/mol. The molecule has 0 fully saturated rings. The predicted molar refractivity (Wildman–Crippen MR) is 76.0 cm³/mol. The maximum Gasteiger partial charge on any atom is 0.156 e. The minimum Gasteiger partial charge on any atom is -0.496 e. The summed E-state index contributed by atoms with van der Waals surface area (Å²) in [7, 11) is -1.63. The number of hydrogen-bond donors (Lipinski definition) is 1. The molecule has 1 aromatic rings. The number of hydrogen-bond acceptors (Lipinski definition) is 5. The van der Waals surface area contributed by atoms with Crippen LogP contribution in [0.1, 0.15) is 23.7 Å². The van der Waals surface area contributed by atoms with E-state index in [9.17, 15) is 8.42 Å². The largest absolute Gasteiger partial charge is 0.496 e. The van der Waals surface area contributed by atoms with Crippen molar-refractivity contribution >= 4 is 9.84 Å². The normalized spacial score (nSPS) is 13.3. The van der Waals surface area contributed by atoms with Crippen molar-refractivity contribution in [3.63, 3.8) is 0 Å². The number of rotatable bonds is 6. The molecule has 19 heavy (non-hydrogen) atoms. The highest BCUT2D eigenvalue weighted by atomic mass is 32.2. The Hall–Kier alpha value is -1.14. The lowest BCUT2D eigenvalue weighted by molar-refractivity contribution is 0.407. The number of pyridine rings is 1. The second-order valence-electron chi connectivity index (χ2n) is 4.94. The standard InChI is InChI=1S/C13H22N2O3S/c1-9(5-14)7-19(16,17)8-12-11(3)13(18-4)10(2)6-15-12/h6,9H,5,7-8,14H2,1-4H3. The van der Waals surface area contributed by atoms with Gasteiger partial charge in [0.2, 0.25) is 0 Å². The first-order valence-corrected chi connectivity index (χ1v) is 8.02. The van der Waals surface area contributed by atoms with Crippen LogP contribution in [0.15, 0.2) is 6.20 Å². The van der Waals surface area contributed by atoms with Crippen molar-refractivity contribution in [3.8, 4) is 5.75 Å². The van der Waals surface area contributed by atoms with E-state index in [0.717, 1.165) is 11.1 Å². The summed E-state index contributed by atoms with van der Waals surface area (Å²) >= 11 is 0. The zero-order chi connectivity index (χ0) is 14.6. The van der Waals surface area contributed by atoms with Crippen LogP contribution in [0.4, 0.5) is 0 Å². The molecular formula is C13H22N2O3S. The maximum atomic E-state index is 12.1. The van der Waals surface area contributed by atoms with Gasteiger partial charge >= 0.3 is 0 Å². The zero-order valence-corrected chi connectivity index (χ0v) is 12.8. The van der Waals surface area contributed by atoms with Gasteiger partial charge in [0.15, 0.2) is 9.84 Å². The first-order chi connectivity index (χ1) is 8.80. The van der Waals surface area contributed by atoms with E-state index < -0.39 is 9.84 Å². The molecule has 1 unspecified atom stereocenters. The molecule has 1 rings (SSSR count). The summed E-state index contributed by atoms with van der Waals surface area (Å²) in [6.45, 7) is 5.90. The van der Waals surface area contributed by atoms with Crippen LogP contribution < -0.4 is 10.5 Å². The topological polar surface area (TPSA) is 82.3 Å².